The number of nitrogens with two attached hydrogens (primary N) is 1. The van der Waals surface area contributed by atoms with E-state index in [4.69, 9.17) is 16.2 Å². The molecule has 3 rings (SSSR count). The maximum atomic E-state index is 13.8. The number of hydrogen-bond donors (Lipinski definition) is 3. The van der Waals surface area contributed by atoms with E-state index in [-0.39, 0.29) is 30.2 Å². The summed E-state index contributed by atoms with van der Waals surface area (Å²) in [5, 5.41) is 18.4. The van der Waals surface area contributed by atoms with E-state index < -0.39 is 17.9 Å². The number of rotatable bonds is 6. The van der Waals surface area contributed by atoms with Gasteiger partial charge in [-0.1, -0.05) is 25.7 Å². The van der Waals surface area contributed by atoms with Crippen molar-refractivity contribution in [1.82, 2.24) is 9.80 Å². The molecule has 1 saturated heterocycles. The smallest absolute Gasteiger partial charge is 0.347 e. The molecule has 1 aromatic heterocycles. The molecule has 1 aromatic rings. The fourth-order valence-electron chi connectivity index (χ4n) is 4.73. The Morgan fingerprint density at radius 3 is 2.50 bits per heavy atom. The molecule has 10 nitrogen and oxygen atoms in total. The zero-order chi connectivity index (χ0) is 24.8. The van der Waals surface area contributed by atoms with Crippen LogP contribution in [0.15, 0.2) is 10.4 Å². The van der Waals surface area contributed by atoms with Gasteiger partial charge in [-0.2, -0.15) is 0 Å². The number of nitrogens with zero attached hydrogens (tertiary/aromatic N) is 3. The number of amides is 3. The summed E-state index contributed by atoms with van der Waals surface area (Å²) in [7, 11) is 0. The van der Waals surface area contributed by atoms with Gasteiger partial charge in [0.15, 0.2) is 5.84 Å². The molecule has 3 amide bonds. The molecule has 34 heavy (non-hydrogen) atoms. The molecule has 11 heteroatoms. The molecule has 0 spiro atoms. The number of carboxylic acid groups (broad SMARTS) is 1. The standard InChI is InChI=1S/C23H31N5O5S/c1-14-16(13-34-20(14)21(25)26-12-19(30)31)22(32)28(15-7-4-2-3-5-8-15)23(33)17-9-6-10-27(17)18(29)11-24/h12-13,15,17,25H,2-11,24H2,1H3,(H,30,31)/t17-/m0/s1. The van der Waals surface area contributed by atoms with Gasteiger partial charge in [-0.3, -0.25) is 24.7 Å². The summed E-state index contributed by atoms with van der Waals surface area (Å²) in [6.07, 6.45) is 7.16. The minimum Gasteiger partial charge on any atom is -0.477 e. The maximum Gasteiger partial charge on any atom is 0.347 e. The zero-order valence-corrected chi connectivity index (χ0v) is 20.1. The van der Waals surface area contributed by atoms with Crippen LogP contribution in [-0.4, -0.2) is 75.8 Å². The van der Waals surface area contributed by atoms with Gasteiger partial charge in [-0.25, -0.2) is 9.79 Å². The van der Waals surface area contributed by atoms with Crippen LogP contribution in [-0.2, 0) is 14.4 Å². The second-order valence-electron chi connectivity index (χ2n) is 8.66. The van der Waals surface area contributed by atoms with Gasteiger partial charge in [0.2, 0.25) is 5.91 Å². The molecule has 1 aliphatic carbocycles. The van der Waals surface area contributed by atoms with Crippen molar-refractivity contribution in [3.8, 4) is 0 Å². The van der Waals surface area contributed by atoms with Crippen molar-refractivity contribution in [1.29, 1.82) is 5.41 Å². The van der Waals surface area contributed by atoms with Crippen LogP contribution in [0.4, 0.5) is 0 Å². The van der Waals surface area contributed by atoms with Crippen LogP contribution in [0.5, 0.6) is 0 Å². The van der Waals surface area contributed by atoms with Gasteiger partial charge in [0.1, 0.15) is 12.3 Å². The highest BCUT2D eigenvalue weighted by atomic mass is 32.1. The quantitative estimate of drug-likeness (QED) is 0.240. The molecule has 1 atom stereocenters. The van der Waals surface area contributed by atoms with Crippen molar-refractivity contribution in [2.24, 2.45) is 10.7 Å². The van der Waals surface area contributed by atoms with E-state index in [2.05, 4.69) is 4.99 Å². The van der Waals surface area contributed by atoms with Gasteiger partial charge in [-0.05, 0) is 38.2 Å². The molecule has 184 valence electrons. The Bertz CT molecular complexity index is 996. The first-order chi connectivity index (χ1) is 16.3. The SMILES string of the molecule is Cc1c(C(=O)N(C(=O)[C@@H]2CCCN2C(=O)CN)C2CCCCCC2)csc1C(=N)N=CC(=O)O. The van der Waals surface area contributed by atoms with E-state index in [1.165, 1.54) is 9.80 Å². The molecule has 1 saturated carbocycles. The van der Waals surface area contributed by atoms with Crippen LogP contribution >= 0.6 is 11.3 Å². The Kier molecular flexibility index (Phi) is 8.67. The predicted octanol–water partition coefficient (Wildman–Crippen LogP) is 2.18. The lowest BCUT2D eigenvalue weighted by Gasteiger charge is -2.34. The Hall–Kier alpha value is -2.92. The van der Waals surface area contributed by atoms with E-state index in [0.29, 0.717) is 54.4 Å². The molecular weight excluding hydrogens is 458 g/mol. The number of carbonyl (C=O) groups excluding carboxylic acids is 3. The topological polar surface area (TPSA) is 157 Å². The monoisotopic (exact) mass is 489 g/mol. The first kappa shape index (κ1) is 25.7. The fraction of sp³-hybridized carbons (Fsp3) is 0.565. The number of carbonyl (C=O) groups is 4. The average molecular weight is 490 g/mol. The highest BCUT2D eigenvalue weighted by molar-refractivity contribution is 7.12. The van der Waals surface area contributed by atoms with E-state index >= 15 is 0 Å². The van der Waals surface area contributed by atoms with Gasteiger partial charge >= 0.3 is 5.97 Å². The van der Waals surface area contributed by atoms with Crippen LogP contribution in [0.25, 0.3) is 0 Å². The molecule has 0 unspecified atom stereocenters. The molecule has 2 heterocycles. The minimum atomic E-state index is -1.27. The largest absolute Gasteiger partial charge is 0.477 e. The van der Waals surface area contributed by atoms with Gasteiger partial charge in [0.25, 0.3) is 11.8 Å². The highest BCUT2D eigenvalue weighted by Gasteiger charge is 2.41. The number of likely N-dealkylation sites (tertiary alicyclic amines) is 1. The highest BCUT2D eigenvalue weighted by Crippen LogP contribution is 2.30. The van der Waals surface area contributed by atoms with Gasteiger partial charge in [0.05, 0.1) is 17.0 Å². The van der Waals surface area contributed by atoms with Gasteiger partial charge in [0, 0.05) is 18.0 Å². The van der Waals surface area contributed by atoms with Gasteiger partial charge in [-0.15, -0.1) is 11.3 Å². The summed E-state index contributed by atoms with van der Waals surface area (Å²) in [5.74, 6) is -2.65. The molecule has 2 aliphatic rings. The van der Waals surface area contributed by atoms with E-state index in [1.807, 2.05) is 0 Å². The van der Waals surface area contributed by atoms with Crippen LogP contribution in [0, 0.1) is 12.3 Å². The molecule has 0 radical (unpaired) electrons. The Balaban J connectivity index is 1.94. The minimum absolute atomic E-state index is 0.187. The summed E-state index contributed by atoms with van der Waals surface area (Å²) >= 11 is 1.11. The van der Waals surface area contributed by atoms with Crippen LogP contribution in [0.3, 0.4) is 0 Å². The van der Waals surface area contributed by atoms with E-state index in [0.717, 1.165) is 37.0 Å². The fourth-order valence-corrected chi connectivity index (χ4v) is 5.70. The Labute approximate surface area is 202 Å². The van der Waals surface area contributed by atoms with Crippen molar-refractivity contribution in [3.63, 3.8) is 0 Å². The summed E-state index contributed by atoms with van der Waals surface area (Å²) in [5.41, 5.74) is 6.32. The number of carboxylic acids is 1. The van der Waals surface area contributed by atoms with Crippen LogP contribution in [0.1, 0.15) is 72.2 Å². The number of amidine groups is 1. The number of aliphatic imine (C=N–C) groups is 1. The maximum absolute atomic E-state index is 13.8. The van der Waals surface area contributed by atoms with Crippen LogP contribution < -0.4 is 5.73 Å². The Morgan fingerprint density at radius 1 is 1.21 bits per heavy atom. The lowest BCUT2D eigenvalue weighted by molar-refractivity contribution is -0.142. The average Bonchev–Trinajstić information content (AvgIpc) is 3.37. The first-order valence-electron chi connectivity index (χ1n) is 11.6. The molecule has 2 fully saturated rings. The third-order valence-corrected chi connectivity index (χ3v) is 7.56. The number of nitrogens with one attached hydrogen (secondary N) is 1. The third kappa shape index (κ3) is 5.58. The second-order valence-corrected chi connectivity index (χ2v) is 9.54. The van der Waals surface area contributed by atoms with Crippen LogP contribution in [0.2, 0.25) is 0 Å². The van der Waals surface area contributed by atoms with Crippen molar-refractivity contribution < 1.29 is 24.3 Å². The van der Waals surface area contributed by atoms with E-state index in [9.17, 15) is 19.2 Å². The molecule has 0 aromatic carbocycles. The van der Waals surface area contributed by atoms with Crippen molar-refractivity contribution in [3.05, 3.63) is 21.4 Å². The lowest BCUT2D eigenvalue weighted by atomic mass is 10.0. The lowest BCUT2D eigenvalue weighted by Crippen LogP contribution is -2.54. The predicted molar refractivity (Wildman–Crippen MR) is 128 cm³/mol. The van der Waals surface area contributed by atoms with Crippen molar-refractivity contribution in [2.45, 2.75) is 70.4 Å². The Morgan fingerprint density at radius 2 is 1.88 bits per heavy atom. The van der Waals surface area contributed by atoms with Crippen molar-refractivity contribution in [2.75, 3.05) is 13.1 Å². The van der Waals surface area contributed by atoms with Crippen molar-refractivity contribution >= 4 is 47.1 Å². The van der Waals surface area contributed by atoms with E-state index in [1.54, 1.807) is 12.3 Å². The second kappa shape index (κ2) is 11.5. The molecular formula is C23H31N5O5S. The van der Waals surface area contributed by atoms with Gasteiger partial charge < -0.3 is 15.7 Å². The summed E-state index contributed by atoms with van der Waals surface area (Å²) in [4.78, 5) is 57.5. The third-order valence-electron chi connectivity index (χ3n) is 6.47. The molecule has 4 N–H and O–H groups in total. The number of hydrogen-bond acceptors (Lipinski definition) is 7. The summed E-state index contributed by atoms with van der Waals surface area (Å²) < 4.78 is 0. The number of aliphatic carboxylic acids is 1. The first-order valence-corrected chi connectivity index (χ1v) is 12.4. The number of thiophene rings is 1. The zero-order valence-electron chi connectivity index (χ0n) is 19.3. The number of imide groups is 1. The molecule has 0 bridgehead atoms. The molecule has 1 aliphatic heterocycles. The summed E-state index contributed by atoms with van der Waals surface area (Å²) in [6.45, 7) is 1.92. The summed E-state index contributed by atoms with van der Waals surface area (Å²) in [6, 6.07) is -0.967. The normalized spacial score (nSPS) is 19.2.